The zero-order valence-electron chi connectivity index (χ0n) is 14.3. The first kappa shape index (κ1) is 18.5. The van der Waals surface area contributed by atoms with Gasteiger partial charge >= 0.3 is 0 Å². The first-order chi connectivity index (χ1) is 11.6. The summed E-state index contributed by atoms with van der Waals surface area (Å²) in [7, 11) is 2.01. The number of thiazole rings is 1. The lowest BCUT2D eigenvalue weighted by Crippen LogP contribution is -2.40. The lowest BCUT2D eigenvalue weighted by molar-refractivity contribution is 0.281. The minimum atomic E-state index is 0.572. The van der Waals surface area contributed by atoms with Gasteiger partial charge in [-0.3, -0.25) is 0 Å². The molecular formula is C17H23ClN4OS. The van der Waals surface area contributed by atoms with E-state index in [1.165, 1.54) is 4.88 Å². The number of guanidine groups is 1. The minimum absolute atomic E-state index is 0.572. The standard InChI is InChI=1S/C17H23ClN4OS/c1-4-19-17(20-11-16-13(2)21-12-24-16)22(3)9-10-23-15-7-5-14(18)6-8-15/h5-8,12H,4,9-11H2,1-3H3,(H,19,20). The Balaban J connectivity index is 1.87. The van der Waals surface area contributed by atoms with Gasteiger partial charge in [0.25, 0.3) is 0 Å². The predicted molar refractivity (Wildman–Crippen MR) is 101 cm³/mol. The van der Waals surface area contributed by atoms with Gasteiger partial charge < -0.3 is 15.0 Å². The van der Waals surface area contributed by atoms with Gasteiger partial charge in [-0.15, -0.1) is 11.3 Å². The second-order valence-electron chi connectivity index (χ2n) is 5.26. The van der Waals surface area contributed by atoms with Gasteiger partial charge in [-0.05, 0) is 38.1 Å². The molecule has 5 nitrogen and oxygen atoms in total. The van der Waals surface area contributed by atoms with Gasteiger partial charge in [-0.1, -0.05) is 11.6 Å². The van der Waals surface area contributed by atoms with Crippen LogP contribution in [-0.2, 0) is 6.54 Å². The Morgan fingerprint density at radius 3 is 2.75 bits per heavy atom. The van der Waals surface area contributed by atoms with Crippen molar-refractivity contribution in [3.8, 4) is 5.75 Å². The third kappa shape index (κ3) is 5.69. The quantitative estimate of drug-likeness (QED) is 0.601. The molecule has 1 heterocycles. The molecule has 130 valence electrons. The van der Waals surface area contributed by atoms with Crippen LogP contribution in [0.3, 0.4) is 0 Å². The number of hydrogen-bond acceptors (Lipinski definition) is 4. The maximum absolute atomic E-state index is 5.87. The van der Waals surface area contributed by atoms with Crippen LogP contribution >= 0.6 is 22.9 Å². The third-order valence-electron chi connectivity index (χ3n) is 3.42. The molecule has 0 spiro atoms. The van der Waals surface area contributed by atoms with Crippen molar-refractivity contribution in [1.29, 1.82) is 0 Å². The molecule has 24 heavy (non-hydrogen) atoms. The normalized spacial score (nSPS) is 11.4. The number of aryl methyl sites for hydroxylation is 1. The molecule has 0 atom stereocenters. The largest absolute Gasteiger partial charge is 0.492 e. The van der Waals surface area contributed by atoms with Crippen molar-refractivity contribution in [2.75, 3.05) is 26.7 Å². The number of ether oxygens (including phenoxy) is 1. The van der Waals surface area contributed by atoms with Crippen LogP contribution in [0.2, 0.25) is 5.02 Å². The molecule has 0 unspecified atom stereocenters. The van der Waals surface area contributed by atoms with E-state index in [1.54, 1.807) is 11.3 Å². The van der Waals surface area contributed by atoms with E-state index in [4.69, 9.17) is 16.3 Å². The average molecular weight is 367 g/mol. The van der Waals surface area contributed by atoms with Crippen LogP contribution in [0.1, 0.15) is 17.5 Å². The van der Waals surface area contributed by atoms with E-state index in [2.05, 4.69) is 27.1 Å². The molecule has 0 saturated heterocycles. The van der Waals surface area contributed by atoms with Crippen molar-refractivity contribution >= 4 is 28.9 Å². The summed E-state index contributed by atoms with van der Waals surface area (Å²) in [5.41, 5.74) is 2.91. The van der Waals surface area contributed by atoms with Crippen molar-refractivity contribution in [3.05, 3.63) is 45.4 Å². The molecule has 7 heteroatoms. The van der Waals surface area contributed by atoms with E-state index in [0.717, 1.165) is 30.5 Å². The van der Waals surface area contributed by atoms with Crippen LogP contribution in [0.5, 0.6) is 5.75 Å². The maximum atomic E-state index is 5.87. The first-order valence-corrected chi connectivity index (χ1v) is 9.12. The second kappa shape index (κ2) is 9.49. The summed E-state index contributed by atoms with van der Waals surface area (Å²) in [6.07, 6.45) is 0. The van der Waals surface area contributed by atoms with Crippen LogP contribution in [0.4, 0.5) is 0 Å². The summed E-state index contributed by atoms with van der Waals surface area (Å²) >= 11 is 7.51. The van der Waals surface area contributed by atoms with Gasteiger partial charge in [0.15, 0.2) is 5.96 Å². The Morgan fingerprint density at radius 2 is 2.12 bits per heavy atom. The number of aromatic nitrogens is 1. The molecule has 0 aliphatic carbocycles. The molecule has 0 aliphatic rings. The molecule has 0 amide bonds. The van der Waals surface area contributed by atoms with Crippen molar-refractivity contribution in [2.45, 2.75) is 20.4 Å². The molecule has 0 saturated carbocycles. The van der Waals surface area contributed by atoms with Gasteiger partial charge in [-0.25, -0.2) is 9.98 Å². The molecule has 0 fully saturated rings. The van der Waals surface area contributed by atoms with Crippen molar-refractivity contribution < 1.29 is 4.74 Å². The van der Waals surface area contributed by atoms with E-state index in [0.29, 0.717) is 18.2 Å². The summed E-state index contributed by atoms with van der Waals surface area (Å²) in [5, 5.41) is 4.02. The van der Waals surface area contributed by atoms with E-state index in [-0.39, 0.29) is 0 Å². The maximum Gasteiger partial charge on any atom is 0.194 e. The highest BCUT2D eigenvalue weighted by Gasteiger charge is 2.07. The van der Waals surface area contributed by atoms with Crippen LogP contribution < -0.4 is 10.1 Å². The highest BCUT2D eigenvalue weighted by molar-refractivity contribution is 7.09. The number of nitrogens with zero attached hydrogens (tertiary/aromatic N) is 3. The highest BCUT2D eigenvalue weighted by atomic mass is 35.5. The fourth-order valence-electron chi connectivity index (χ4n) is 2.03. The zero-order chi connectivity index (χ0) is 17.4. The second-order valence-corrected chi connectivity index (χ2v) is 6.63. The number of likely N-dealkylation sites (N-methyl/N-ethyl adjacent to an activating group) is 1. The Morgan fingerprint density at radius 1 is 1.38 bits per heavy atom. The SMILES string of the molecule is CCNC(=NCc1scnc1C)N(C)CCOc1ccc(Cl)cc1. The number of hydrogen-bond donors (Lipinski definition) is 1. The molecule has 1 aromatic carbocycles. The zero-order valence-corrected chi connectivity index (χ0v) is 15.8. The van der Waals surface area contributed by atoms with Gasteiger partial charge in [-0.2, -0.15) is 0 Å². The molecule has 1 N–H and O–H groups in total. The van der Waals surface area contributed by atoms with Crippen molar-refractivity contribution in [3.63, 3.8) is 0 Å². The number of aliphatic imine (C=N–C) groups is 1. The third-order valence-corrected chi connectivity index (χ3v) is 4.59. The summed E-state index contributed by atoms with van der Waals surface area (Å²) in [4.78, 5) is 12.2. The van der Waals surface area contributed by atoms with E-state index >= 15 is 0 Å². The van der Waals surface area contributed by atoms with E-state index in [9.17, 15) is 0 Å². The lowest BCUT2D eigenvalue weighted by atomic mass is 10.3. The predicted octanol–water partition coefficient (Wildman–Crippen LogP) is 3.58. The van der Waals surface area contributed by atoms with Crippen LogP contribution in [-0.4, -0.2) is 42.6 Å². The van der Waals surface area contributed by atoms with Gasteiger partial charge in [0.05, 0.1) is 24.3 Å². The van der Waals surface area contributed by atoms with E-state index < -0.39 is 0 Å². The fourth-order valence-corrected chi connectivity index (χ4v) is 2.86. The molecule has 0 radical (unpaired) electrons. The Labute approximate surface area is 152 Å². The number of benzene rings is 1. The summed E-state index contributed by atoms with van der Waals surface area (Å²) in [5.74, 6) is 1.68. The minimum Gasteiger partial charge on any atom is -0.492 e. The van der Waals surface area contributed by atoms with Crippen molar-refractivity contribution in [1.82, 2.24) is 15.2 Å². The molecule has 1 aromatic heterocycles. The monoisotopic (exact) mass is 366 g/mol. The summed E-state index contributed by atoms with van der Waals surface area (Å²) in [6.45, 7) is 6.84. The molecule has 2 rings (SSSR count). The van der Waals surface area contributed by atoms with Gasteiger partial charge in [0, 0.05) is 23.5 Å². The summed E-state index contributed by atoms with van der Waals surface area (Å²) in [6, 6.07) is 7.38. The molecule has 2 aromatic rings. The van der Waals surface area contributed by atoms with Crippen molar-refractivity contribution in [2.24, 2.45) is 4.99 Å². The Bertz CT molecular complexity index is 657. The van der Waals surface area contributed by atoms with Gasteiger partial charge in [0.2, 0.25) is 0 Å². The Kier molecular flexibility index (Phi) is 7.34. The lowest BCUT2D eigenvalue weighted by Gasteiger charge is -2.22. The number of halogens is 1. The number of nitrogens with one attached hydrogen (secondary N) is 1. The molecule has 0 bridgehead atoms. The van der Waals surface area contributed by atoms with Crippen LogP contribution in [0.15, 0.2) is 34.8 Å². The smallest absolute Gasteiger partial charge is 0.194 e. The molecule has 0 aliphatic heterocycles. The Hall–Kier alpha value is -1.79. The summed E-state index contributed by atoms with van der Waals surface area (Å²) < 4.78 is 5.74. The average Bonchev–Trinajstić information content (AvgIpc) is 2.98. The van der Waals surface area contributed by atoms with Gasteiger partial charge in [0.1, 0.15) is 12.4 Å². The number of rotatable bonds is 7. The fraction of sp³-hybridized carbons (Fsp3) is 0.412. The first-order valence-electron chi connectivity index (χ1n) is 7.87. The van der Waals surface area contributed by atoms with Crippen LogP contribution in [0, 0.1) is 6.92 Å². The van der Waals surface area contributed by atoms with Crippen LogP contribution in [0.25, 0.3) is 0 Å². The topological polar surface area (TPSA) is 49.8 Å². The molecular weight excluding hydrogens is 344 g/mol. The highest BCUT2D eigenvalue weighted by Crippen LogP contribution is 2.15. The van der Waals surface area contributed by atoms with E-state index in [1.807, 2.05) is 43.7 Å².